The largest absolute Gasteiger partial charge is 0.294 e. The summed E-state index contributed by atoms with van der Waals surface area (Å²) in [7, 11) is 0. The van der Waals surface area contributed by atoms with E-state index in [4.69, 9.17) is 11.6 Å². The summed E-state index contributed by atoms with van der Waals surface area (Å²) >= 11 is 6.00. The highest BCUT2D eigenvalue weighted by Crippen LogP contribution is 2.49. The molecule has 0 aliphatic heterocycles. The van der Waals surface area contributed by atoms with Crippen LogP contribution in [0.1, 0.15) is 43.4 Å². The first kappa shape index (κ1) is 19.3. The fourth-order valence-corrected chi connectivity index (χ4v) is 5.41. The molecule has 6 heteroatoms. The Morgan fingerprint density at radius 1 is 1.07 bits per heavy atom. The number of fused-ring (bicyclic) bond motifs is 3. The summed E-state index contributed by atoms with van der Waals surface area (Å²) < 4.78 is 0. The molecule has 0 spiro atoms. The smallest absolute Gasteiger partial charge is 0.273 e. The molecule has 2 aliphatic carbocycles. The van der Waals surface area contributed by atoms with Crippen molar-refractivity contribution in [1.82, 2.24) is 9.89 Å². The lowest BCUT2D eigenvalue weighted by Crippen LogP contribution is -2.37. The van der Waals surface area contributed by atoms with Crippen LogP contribution in [0.3, 0.4) is 0 Å². The number of amides is 1. The third-order valence-electron chi connectivity index (χ3n) is 6.73. The predicted molar refractivity (Wildman–Crippen MR) is 118 cm³/mol. The summed E-state index contributed by atoms with van der Waals surface area (Å²) in [5.41, 5.74) is 4.24. The van der Waals surface area contributed by atoms with Crippen molar-refractivity contribution in [3.8, 4) is 0 Å². The second-order valence-corrected chi connectivity index (χ2v) is 9.12. The summed E-state index contributed by atoms with van der Waals surface area (Å²) in [4.78, 5) is 26.8. The van der Waals surface area contributed by atoms with Gasteiger partial charge in [-0.1, -0.05) is 48.4 Å². The van der Waals surface area contributed by atoms with Crippen molar-refractivity contribution >= 4 is 28.3 Å². The minimum atomic E-state index is -0.299. The quantitative estimate of drug-likeness (QED) is 0.657. The lowest BCUT2D eigenvalue weighted by Gasteiger charge is -2.21. The lowest BCUT2D eigenvalue weighted by molar-refractivity contribution is -0.118. The molecule has 1 amide bonds. The zero-order valence-electron chi connectivity index (χ0n) is 16.7. The van der Waals surface area contributed by atoms with Gasteiger partial charge in [-0.05, 0) is 60.8 Å². The van der Waals surface area contributed by atoms with Crippen molar-refractivity contribution in [2.75, 3.05) is 5.43 Å². The van der Waals surface area contributed by atoms with Crippen molar-refractivity contribution < 1.29 is 4.79 Å². The topological polar surface area (TPSA) is 64.0 Å². The van der Waals surface area contributed by atoms with Gasteiger partial charge < -0.3 is 0 Å². The molecule has 2 aliphatic rings. The molecule has 3 atom stereocenters. The van der Waals surface area contributed by atoms with Crippen LogP contribution in [0, 0.1) is 17.8 Å². The van der Waals surface area contributed by atoms with E-state index in [0.29, 0.717) is 35.1 Å². The summed E-state index contributed by atoms with van der Waals surface area (Å²) in [6.45, 7) is 0. The highest BCUT2D eigenvalue weighted by Gasteiger charge is 2.40. The van der Waals surface area contributed by atoms with E-state index in [-0.39, 0.29) is 11.5 Å². The normalized spacial score (nSPS) is 22.5. The molecule has 5 rings (SSSR count). The molecule has 2 bridgehead atoms. The Morgan fingerprint density at radius 2 is 1.83 bits per heavy atom. The van der Waals surface area contributed by atoms with Gasteiger partial charge in [0.2, 0.25) is 5.91 Å². The van der Waals surface area contributed by atoms with Crippen LogP contribution in [-0.2, 0) is 11.2 Å². The van der Waals surface area contributed by atoms with E-state index >= 15 is 0 Å². The van der Waals surface area contributed by atoms with E-state index in [9.17, 15) is 9.59 Å². The number of aromatic nitrogens is 2. The van der Waals surface area contributed by atoms with Crippen LogP contribution in [0.4, 0.5) is 0 Å². The summed E-state index contributed by atoms with van der Waals surface area (Å²) in [5, 5.41) is 6.55. The van der Waals surface area contributed by atoms with Gasteiger partial charge in [0.05, 0.1) is 11.1 Å². The molecule has 30 heavy (non-hydrogen) atoms. The fraction of sp³-hybridized carbons (Fsp3) is 0.375. The maximum absolute atomic E-state index is 12.9. The Kier molecular flexibility index (Phi) is 5.07. The molecule has 1 N–H and O–H groups in total. The van der Waals surface area contributed by atoms with Crippen molar-refractivity contribution in [2.45, 2.75) is 38.5 Å². The first-order chi connectivity index (χ1) is 14.6. The van der Waals surface area contributed by atoms with Gasteiger partial charge in [-0.15, -0.1) is 4.79 Å². The Bertz CT molecular complexity index is 1160. The number of benzene rings is 2. The number of rotatable bonds is 5. The maximum atomic E-state index is 12.9. The van der Waals surface area contributed by atoms with E-state index in [1.165, 1.54) is 19.3 Å². The Balaban J connectivity index is 1.42. The SMILES string of the molecule is O=C(C[C@H]1C[C@@H]2CC[C@H]1C2)Nn1nc(Cc2ccc(Cl)cc2)c2ccccc2c1=O. The first-order valence-corrected chi connectivity index (χ1v) is 11.0. The van der Waals surface area contributed by atoms with E-state index in [0.717, 1.165) is 33.8 Å². The van der Waals surface area contributed by atoms with Gasteiger partial charge in [0.25, 0.3) is 5.56 Å². The molecule has 0 saturated heterocycles. The van der Waals surface area contributed by atoms with E-state index in [1.807, 2.05) is 42.5 Å². The van der Waals surface area contributed by atoms with Crippen LogP contribution < -0.4 is 11.0 Å². The monoisotopic (exact) mass is 421 g/mol. The summed E-state index contributed by atoms with van der Waals surface area (Å²) in [5.74, 6) is 1.77. The standard InChI is InChI=1S/C24H24ClN3O2/c25-19-9-6-15(7-10-19)13-22-20-3-1-2-4-21(20)24(30)28(26-22)27-23(29)14-18-12-16-5-8-17(18)11-16/h1-4,6-7,9-10,16-18H,5,8,11-14H2,(H,27,29)/t16-,17+,18-/m1/s1. The van der Waals surface area contributed by atoms with Crippen LogP contribution in [0.25, 0.3) is 10.8 Å². The van der Waals surface area contributed by atoms with Gasteiger partial charge in [-0.3, -0.25) is 9.59 Å². The molecule has 0 radical (unpaired) electrons. The Hall–Kier alpha value is -2.66. The number of hydrogen-bond donors (Lipinski definition) is 1. The average molecular weight is 422 g/mol. The number of nitrogens with one attached hydrogen (secondary N) is 1. The van der Waals surface area contributed by atoms with Gasteiger partial charge in [0.1, 0.15) is 0 Å². The molecule has 5 nitrogen and oxygen atoms in total. The first-order valence-electron chi connectivity index (χ1n) is 10.6. The minimum absolute atomic E-state index is 0.130. The van der Waals surface area contributed by atoms with E-state index in [1.54, 1.807) is 6.07 Å². The van der Waals surface area contributed by atoms with Crippen LogP contribution in [0.2, 0.25) is 5.02 Å². The second kappa shape index (κ2) is 7.88. The predicted octanol–water partition coefficient (Wildman–Crippen LogP) is 4.54. The molecule has 3 aromatic rings. The molecular formula is C24H24ClN3O2. The Labute approximate surface area is 180 Å². The zero-order chi connectivity index (χ0) is 20.7. The van der Waals surface area contributed by atoms with Crippen molar-refractivity contribution in [3.05, 3.63) is 75.2 Å². The van der Waals surface area contributed by atoms with Crippen LogP contribution >= 0.6 is 11.6 Å². The number of carbonyl (C=O) groups excluding carboxylic acids is 1. The fourth-order valence-electron chi connectivity index (χ4n) is 5.29. The van der Waals surface area contributed by atoms with Crippen molar-refractivity contribution in [2.24, 2.45) is 17.8 Å². The molecular weight excluding hydrogens is 398 g/mol. The molecule has 1 heterocycles. The molecule has 154 valence electrons. The highest BCUT2D eigenvalue weighted by molar-refractivity contribution is 6.30. The molecule has 2 fully saturated rings. The molecule has 1 aromatic heterocycles. The minimum Gasteiger partial charge on any atom is -0.273 e. The number of carbonyl (C=O) groups is 1. The molecule has 2 saturated carbocycles. The van der Waals surface area contributed by atoms with Gasteiger partial charge in [-0.2, -0.15) is 5.10 Å². The van der Waals surface area contributed by atoms with Crippen molar-refractivity contribution in [3.63, 3.8) is 0 Å². The summed E-state index contributed by atoms with van der Waals surface area (Å²) in [6.07, 6.45) is 5.96. The average Bonchev–Trinajstić information content (AvgIpc) is 3.36. The van der Waals surface area contributed by atoms with Gasteiger partial charge in [-0.25, -0.2) is 5.43 Å². The van der Waals surface area contributed by atoms with Crippen LogP contribution in [-0.4, -0.2) is 15.8 Å². The maximum Gasteiger partial charge on any atom is 0.294 e. The summed E-state index contributed by atoms with van der Waals surface area (Å²) in [6, 6.07) is 15.0. The number of hydrogen-bond acceptors (Lipinski definition) is 3. The van der Waals surface area contributed by atoms with Crippen LogP contribution in [0.5, 0.6) is 0 Å². The number of halogens is 1. The second-order valence-electron chi connectivity index (χ2n) is 8.69. The molecule has 0 unspecified atom stereocenters. The Morgan fingerprint density at radius 3 is 2.53 bits per heavy atom. The third kappa shape index (κ3) is 3.74. The zero-order valence-corrected chi connectivity index (χ0v) is 17.4. The number of nitrogens with zero attached hydrogens (tertiary/aromatic N) is 2. The van der Waals surface area contributed by atoms with Crippen molar-refractivity contribution in [1.29, 1.82) is 0 Å². The molecule has 2 aromatic carbocycles. The van der Waals surface area contributed by atoms with E-state index < -0.39 is 0 Å². The lowest BCUT2D eigenvalue weighted by atomic mass is 9.86. The van der Waals surface area contributed by atoms with Gasteiger partial charge in [0.15, 0.2) is 0 Å². The van der Waals surface area contributed by atoms with E-state index in [2.05, 4.69) is 10.5 Å². The van der Waals surface area contributed by atoms with Crippen LogP contribution in [0.15, 0.2) is 53.3 Å². The third-order valence-corrected chi connectivity index (χ3v) is 6.98. The van der Waals surface area contributed by atoms with Gasteiger partial charge >= 0.3 is 0 Å². The van der Waals surface area contributed by atoms with Gasteiger partial charge in [0, 0.05) is 23.3 Å². The highest BCUT2D eigenvalue weighted by atomic mass is 35.5.